The van der Waals surface area contributed by atoms with Gasteiger partial charge in [-0.1, -0.05) is 38.1 Å². The molecule has 0 unspecified atom stereocenters. The molecule has 7 heteroatoms. The zero-order chi connectivity index (χ0) is 28.0. The maximum Gasteiger partial charge on any atom is 0.251 e. The molecule has 2 atom stereocenters. The maximum atomic E-state index is 13.8. The molecule has 1 amide bonds. The summed E-state index contributed by atoms with van der Waals surface area (Å²) in [5.41, 5.74) is 5.77. The molecule has 3 aromatic rings. The van der Waals surface area contributed by atoms with E-state index in [1.54, 1.807) is 18.5 Å². The van der Waals surface area contributed by atoms with Gasteiger partial charge in [-0.25, -0.2) is 0 Å². The fraction of sp³-hybridized carbons (Fsp3) is 0.419. The number of aryl methyl sites for hydroxylation is 2. The largest absolute Gasteiger partial charge is 0.347 e. The van der Waals surface area contributed by atoms with Gasteiger partial charge in [-0.3, -0.25) is 19.4 Å². The number of amides is 1. The smallest absolute Gasteiger partial charge is 0.251 e. The molecule has 0 radical (unpaired) electrons. The lowest BCUT2D eigenvalue weighted by Gasteiger charge is -2.26. The summed E-state index contributed by atoms with van der Waals surface area (Å²) in [6, 6.07) is 10.2. The highest BCUT2D eigenvalue weighted by molar-refractivity contribution is 5.83. The van der Waals surface area contributed by atoms with Crippen LogP contribution < -0.4 is 10.9 Å². The van der Waals surface area contributed by atoms with Gasteiger partial charge in [-0.05, 0) is 81.1 Å². The number of ketones is 1. The summed E-state index contributed by atoms with van der Waals surface area (Å²) < 4.78 is 1.53. The predicted octanol–water partition coefficient (Wildman–Crippen LogP) is 5.01. The fourth-order valence-electron chi connectivity index (χ4n) is 4.91. The molecule has 1 N–H and O–H groups in total. The third-order valence-electron chi connectivity index (χ3n) is 6.57. The second kappa shape index (κ2) is 12.8. The fourth-order valence-corrected chi connectivity index (χ4v) is 4.91. The Morgan fingerprint density at radius 3 is 2.34 bits per heavy atom. The summed E-state index contributed by atoms with van der Waals surface area (Å²) in [7, 11) is 3.92. The standard InChI is InChI=1S/C31H40N4O3/c1-20(2)13-28(35-19-24(18-34(6)7)11-12-29(35)37)31(38)33-27(14-23(5)36)25-15-26(17-32-16-25)30-21(3)9-8-10-22(30)4/h8-12,15-17,19-20,27-28H,13-14,18H2,1-7H3,(H,33,38)/t27-,28+/m0/s1. The first kappa shape index (κ1) is 29.0. The van der Waals surface area contributed by atoms with Crippen molar-refractivity contribution in [2.75, 3.05) is 14.1 Å². The molecule has 0 aliphatic heterocycles. The van der Waals surface area contributed by atoms with Gasteiger partial charge in [0.2, 0.25) is 5.91 Å². The van der Waals surface area contributed by atoms with Crippen molar-refractivity contribution in [3.63, 3.8) is 0 Å². The minimum atomic E-state index is -0.700. The van der Waals surface area contributed by atoms with Gasteiger partial charge in [0.15, 0.2) is 0 Å². The van der Waals surface area contributed by atoms with Crippen molar-refractivity contribution in [2.24, 2.45) is 5.92 Å². The summed E-state index contributed by atoms with van der Waals surface area (Å²) in [5, 5.41) is 3.09. The van der Waals surface area contributed by atoms with E-state index in [0.29, 0.717) is 13.0 Å². The molecule has 0 saturated heterocycles. The number of rotatable bonds is 11. The Morgan fingerprint density at radius 1 is 1.05 bits per heavy atom. The number of Topliss-reactive ketones (excluding diaryl/α,β-unsaturated/α-hetero) is 1. The minimum absolute atomic E-state index is 0.0432. The lowest BCUT2D eigenvalue weighted by atomic mass is 9.94. The molecular formula is C31H40N4O3. The van der Waals surface area contributed by atoms with Crippen LogP contribution in [-0.4, -0.2) is 40.2 Å². The average molecular weight is 517 g/mol. The average Bonchev–Trinajstić information content (AvgIpc) is 2.83. The lowest BCUT2D eigenvalue weighted by Crippen LogP contribution is -2.40. The number of nitrogens with one attached hydrogen (secondary N) is 1. The third-order valence-corrected chi connectivity index (χ3v) is 6.57. The molecule has 0 aliphatic rings. The third kappa shape index (κ3) is 7.48. The number of hydrogen-bond donors (Lipinski definition) is 1. The zero-order valence-electron chi connectivity index (χ0n) is 23.6. The van der Waals surface area contributed by atoms with Crippen molar-refractivity contribution in [2.45, 2.75) is 66.1 Å². The first-order valence-electron chi connectivity index (χ1n) is 13.1. The van der Waals surface area contributed by atoms with Crippen molar-refractivity contribution < 1.29 is 9.59 Å². The number of pyridine rings is 2. The van der Waals surface area contributed by atoms with Crippen molar-refractivity contribution in [1.82, 2.24) is 19.8 Å². The Labute approximate surface area is 225 Å². The molecule has 38 heavy (non-hydrogen) atoms. The minimum Gasteiger partial charge on any atom is -0.347 e. The molecule has 0 saturated carbocycles. The normalized spacial score (nSPS) is 13.0. The summed E-state index contributed by atoms with van der Waals surface area (Å²) in [6.07, 6.45) is 5.91. The van der Waals surface area contributed by atoms with Gasteiger partial charge in [-0.2, -0.15) is 0 Å². The molecule has 3 rings (SSSR count). The van der Waals surface area contributed by atoms with Crippen molar-refractivity contribution in [3.05, 3.63) is 87.6 Å². The van der Waals surface area contributed by atoms with Gasteiger partial charge < -0.3 is 14.8 Å². The molecule has 1 aromatic carbocycles. The number of carbonyl (C=O) groups excluding carboxylic acids is 2. The highest BCUT2D eigenvalue weighted by Gasteiger charge is 2.27. The monoisotopic (exact) mass is 516 g/mol. The van der Waals surface area contributed by atoms with Crippen LogP contribution in [-0.2, 0) is 16.1 Å². The Morgan fingerprint density at radius 2 is 1.74 bits per heavy atom. The van der Waals surface area contributed by atoms with Gasteiger partial charge >= 0.3 is 0 Å². The molecule has 0 fully saturated rings. The first-order valence-corrected chi connectivity index (χ1v) is 13.1. The number of carbonyl (C=O) groups is 2. The number of hydrogen-bond acceptors (Lipinski definition) is 5. The van der Waals surface area contributed by atoms with Gasteiger partial charge in [0.1, 0.15) is 11.8 Å². The molecule has 0 spiro atoms. The van der Waals surface area contributed by atoms with E-state index in [1.807, 2.05) is 51.2 Å². The number of benzene rings is 1. The van der Waals surface area contributed by atoms with E-state index in [4.69, 9.17) is 0 Å². The van der Waals surface area contributed by atoms with Crippen molar-refractivity contribution in [3.8, 4) is 11.1 Å². The van der Waals surface area contributed by atoms with Gasteiger partial charge in [0.25, 0.3) is 5.56 Å². The molecule has 202 valence electrons. The summed E-state index contributed by atoms with van der Waals surface area (Å²) in [4.78, 5) is 45.4. The SMILES string of the molecule is CC(=O)C[C@H](NC(=O)[C@@H](CC(C)C)n1cc(CN(C)C)ccc1=O)c1cncc(-c2c(C)cccc2C)c1. The van der Waals surface area contributed by atoms with Gasteiger partial charge in [-0.15, -0.1) is 0 Å². The summed E-state index contributed by atoms with van der Waals surface area (Å²) >= 11 is 0. The Bertz CT molecular complexity index is 1320. The van der Waals surface area contributed by atoms with Crippen LogP contribution in [0.4, 0.5) is 0 Å². The van der Waals surface area contributed by atoms with E-state index in [2.05, 4.69) is 36.3 Å². The van der Waals surface area contributed by atoms with Crippen LogP contribution in [0.1, 0.15) is 68.0 Å². The highest BCUT2D eigenvalue weighted by atomic mass is 16.2. The summed E-state index contributed by atoms with van der Waals surface area (Å²) in [6.45, 7) is 10.3. The zero-order valence-corrected chi connectivity index (χ0v) is 23.6. The quantitative estimate of drug-likeness (QED) is 0.387. The summed E-state index contributed by atoms with van der Waals surface area (Å²) in [5.74, 6) is -0.153. The van der Waals surface area contributed by atoms with Crippen LogP contribution in [0.15, 0.2) is 59.8 Å². The van der Waals surface area contributed by atoms with Crippen LogP contribution in [0.2, 0.25) is 0 Å². The Hall–Kier alpha value is -3.58. The van der Waals surface area contributed by atoms with Crippen LogP contribution in [0.3, 0.4) is 0 Å². The van der Waals surface area contributed by atoms with Crippen LogP contribution in [0.5, 0.6) is 0 Å². The Balaban J connectivity index is 1.99. The maximum absolute atomic E-state index is 13.8. The van der Waals surface area contributed by atoms with Crippen LogP contribution in [0.25, 0.3) is 11.1 Å². The number of nitrogens with zero attached hydrogens (tertiary/aromatic N) is 3. The molecule has 0 bridgehead atoms. The van der Waals surface area contributed by atoms with Crippen LogP contribution >= 0.6 is 0 Å². The highest BCUT2D eigenvalue weighted by Crippen LogP contribution is 2.30. The molecule has 2 aromatic heterocycles. The van der Waals surface area contributed by atoms with E-state index >= 15 is 0 Å². The predicted molar refractivity (Wildman–Crippen MR) is 152 cm³/mol. The van der Waals surface area contributed by atoms with Crippen molar-refractivity contribution in [1.29, 1.82) is 0 Å². The van der Waals surface area contributed by atoms with Gasteiger partial charge in [0.05, 0.1) is 6.04 Å². The van der Waals surface area contributed by atoms with Crippen molar-refractivity contribution >= 4 is 11.7 Å². The van der Waals surface area contributed by atoms with E-state index in [1.165, 1.54) is 17.6 Å². The first-order chi connectivity index (χ1) is 18.0. The molecule has 7 nitrogen and oxygen atoms in total. The Kier molecular flexibility index (Phi) is 9.75. The van der Waals surface area contributed by atoms with E-state index in [0.717, 1.165) is 33.4 Å². The van der Waals surface area contributed by atoms with Crippen LogP contribution in [0, 0.1) is 19.8 Å². The molecule has 2 heterocycles. The second-order valence-corrected chi connectivity index (χ2v) is 10.9. The lowest BCUT2D eigenvalue weighted by molar-refractivity contribution is -0.126. The number of aromatic nitrogens is 2. The van der Waals surface area contributed by atoms with Gasteiger partial charge in [0, 0.05) is 43.2 Å². The van der Waals surface area contributed by atoms with E-state index in [9.17, 15) is 14.4 Å². The topological polar surface area (TPSA) is 84.3 Å². The van der Waals surface area contributed by atoms with E-state index < -0.39 is 12.1 Å². The molecule has 0 aliphatic carbocycles. The second-order valence-electron chi connectivity index (χ2n) is 10.9. The van der Waals surface area contributed by atoms with E-state index in [-0.39, 0.29) is 29.6 Å². The molecular weight excluding hydrogens is 476 g/mol.